The Morgan fingerprint density at radius 1 is 1.21 bits per heavy atom. The van der Waals surface area contributed by atoms with Crippen molar-refractivity contribution in [3.8, 4) is 0 Å². The lowest BCUT2D eigenvalue weighted by atomic mass is 9.86. The molecule has 2 aromatic rings. The molecule has 2 fully saturated rings. The number of rotatable bonds is 5. The minimum atomic E-state index is 0.381. The Bertz CT molecular complexity index is 830. The van der Waals surface area contributed by atoms with E-state index in [1.165, 1.54) is 49.0 Å². The topological polar surface area (TPSA) is 71.5 Å². The Morgan fingerprint density at radius 2 is 1.96 bits per heavy atom. The predicted molar refractivity (Wildman–Crippen MR) is 114 cm³/mol. The number of likely N-dealkylation sites (tertiary alicyclic amines) is 1. The molecule has 150 valence electrons. The predicted octanol–water partition coefficient (Wildman–Crippen LogP) is 3.38. The Balaban J connectivity index is 1.49. The molecular formula is C22H32N6. The summed E-state index contributed by atoms with van der Waals surface area (Å²) in [4.78, 5) is 7.42. The van der Waals surface area contributed by atoms with Crippen LogP contribution in [0.4, 0.5) is 5.69 Å². The summed E-state index contributed by atoms with van der Waals surface area (Å²) in [5.41, 5.74) is 11.0. The number of aryl methyl sites for hydroxylation is 3. The van der Waals surface area contributed by atoms with Crippen LogP contribution in [0.5, 0.6) is 0 Å². The molecule has 1 aliphatic carbocycles. The van der Waals surface area contributed by atoms with Crippen molar-refractivity contribution in [3.63, 3.8) is 0 Å². The fourth-order valence-corrected chi connectivity index (χ4v) is 4.65. The summed E-state index contributed by atoms with van der Waals surface area (Å²) in [6.07, 6.45) is 6.96. The van der Waals surface area contributed by atoms with E-state index in [2.05, 4.69) is 53.4 Å². The number of nitrogens with zero attached hydrogens (tertiary/aromatic N) is 4. The first-order valence-electron chi connectivity index (χ1n) is 10.4. The fourth-order valence-electron chi connectivity index (χ4n) is 4.65. The van der Waals surface area contributed by atoms with Gasteiger partial charge in [-0.1, -0.05) is 6.07 Å². The van der Waals surface area contributed by atoms with E-state index in [9.17, 15) is 0 Å². The van der Waals surface area contributed by atoms with Crippen molar-refractivity contribution in [1.82, 2.24) is 14.7 Å². The normalized spacial score (nSPS) is 23.8. The van der Waals surface area contributed by atoms with Crippen LogP contribution in [0, 0.1) is 19.8 Å². The number of piperidine rings is 1. The minimum Gasteiger partial charge on any atom is -0.370 e. The number of hydrogen-bond acceptors (Lipinski definition) is 3. The van der Waals surface area contributed by atoms with E-state index in [4.69, 9.17) is 10.7 Å². The molecule has 0 spiro atoms. The first kappa shape index (κ1) is 19.0. The molecule has 3 N–H and O–H groups in total. The van der Waals surface area contributed by atoms with Crippen molar-refractivity contribution in [2.24, 2.45) is 23.7 Å². The first-order valence-corrected chi connectivity index (χ1v) is 10.4. The molecule has 0 radical (unpaired) electrons. The van der Waals surface area contributed by atoms with Gasteiger partial charge in [0.05, 0.1) is 11.7 Å². The summed E-state index contributed by atoms with van der Waals surface area (Å²) >= 11 is 0. The zero-order valence-corrected chi connectivity index (χ0v) is 17.2. The molecule has 0 amide bonds. The third kappa shape index (κ3) is 4.22. The number of anilines is 1. The van der Waals surface area contributed by atoms with Gasteiger partial charge in [-0.3, -0.25) is 14.6 Å². The molecule has 0 unspecified atom stereocenters. The summed E-state index contributed by atoms with van der Waals surface area (Å²) in [6.45, 7) is 6.11. The molecular weight excluding hydrogens is 348 g/mol. The number of hydrogen-bond donors (Lipinski definition) is 2. The number of aliphatic imine (C=N–C) groups is 1. The van der Waals surface area contributed by atoms with Crippen molar-refractivity contribution in [2.45, 2.75) is 51.6 Å². The molecule has 2 heterocycles. The molecule has 1 saturated carbocycles. The molecule has 2 aliphatic rings. The van der Waals surface area contributed by atoms with E-state index in [-0.39, 0.29) is 0 Å². The second-order valence-corrected chi connectivity index (χ2v) is 8.42. The van der Waals surface area contributed by atoms with Gasteiger partial charge in [-0.05, 0) is 81.3 Å². The van der Waals surface area contributed by atoms with Gasteiger partial charge in [0.25, 0.3) is 0 Å². The number of aromatic nitrogens is 2. The zero-order valence-electron chi connectivity index (χ0n) is 17.2. The summed E-state index contributed by atoms with van der Waals surface area (Å²) in [5.74, 6) is 0.960. The number of benzene rings is 1. The molecule has 1 aliphatic heterocycles. The van der Waals surface area contributed by atoms with Crippen LogP contribution in [0.3, 0.4) is 0 Å². The summed E-state index contributed by atoms with van der Waals surface area (Å²) in [5, 5.41) is 7.69. The van der Waals surface area contributed by atoms with Crippen LogP contribution in [0.1, 0.15) is 48.5 Å². The largest absolute Gasteiger partial charge is 0.370 e. The lowest BCUT2D eigenvalue weighted by Crippen LogP contribution is -2.42. The van der Waals surface area contributed by atoms with Gasteiger partial charge in [0.2, 0.25) is 0 Å². The average Bonchev–Trinajstić information content (AvgIpc) is 3.40. The highest BCUT2D eigenvalue weighted by molar-refractivity contribution is 5.92. The lowest BCUT2D eigenvalue weighted by molar-refractivity contribution is 0.0824. The molecule has 2 atom stereocenters. The van der Waals surface area contributed by atoms with E-state index in [1.54, 1.807) is 0 Å². The Morgan fingerprint density at radius 3 is 2.61 bits per heavy atom. The average molecular weight is 381 g/mol. The van der Waals surface area contributed by atoms with Gasteiger partial charge in [0.15, 0.2) is 5.96 Å². The lowest BCUT2D eigenvalue weighted by Gasteiger charge is -2.41. The molecule has 6 nitrogen and oxygen atoms in total. The van der Waals surface area contributed by atoms with Gasteiger partial charge < -0.3 is 11.1 Å². The zero-order chi connectivity index (χ0) is 19.7. The van der Waals surface area contributed by atoms with E-state index in [0.717, 1.165) is 18.3 Å². The van der Waals surface area contributed by atoms with Crippen LogP contribution < -0.4 is 11.1 Å². The van der Waals surface area contributed by atoms with Gasteiger partial charge in [0, 0.05) is 31.5 Å². The summed E-state index contributed by atoms with van der Waals surface area (Å²) in [7, 11) is 2.05. The molecule has 0 bridgehead atoms. The van der Waals surface area contributed by atoms with E-state index >= 15 is 0 Å². The highest BCUT2D eigenvalue weighted by Crippen LogP contribution is 2.42. The Hall–Kier alpha value is -2.34. The second kappa shape index (κ2) is 7.95. The van der Waals surface area contributed by atoms with Gasteiger partial charge in [-0.15, -0.1) is 0 Å². The van der Waals surface area contributed by atoms with Crippen molar-refractivity contribution in [3.05, 3.63) is 47.3 Å². The van der Waals surface area contributed by atoms with Crippen LogP contribution in [-0.4, -0.2) is 39.8 Å². The summed E-state index contributed by atoms with van der Waals surface area (Å²) in [6, 6.07) is 9.64. The molecule has 28 heavy (non-hydrogen) atoms. The monoisotopic (exact) mass is 380 g/mol. The Labute approximate surface area is 167 Å². The van der Waals surface area contributed by atoms with Gasteiger partial charge in [-0.25, -0.2) is 0 Å². The van der Waals surface area contributed by atoms with Crippen molar-refractivity contribution < 1.29 is 0 Å². The number of guanidine groups is 1. The SMILES string of the molecule is Cc1cc(C)cc(NC(N)=NC[C@@H]2CCCN(C3CC3)[C@H]2c2ccnn2C)c1. The molecule has 6 heteroatoms. The van der Waals surface area contributed by atoms with Crippen molar-refractivity contribution in [1.29, 1.82) is 0 Å². The maximum absolute atomic E-state index is 6.23. The smallest absolute Gasteiger partial charge is 0.193 e. The number of nitrogens with one attached hydrogen (secondary N) is 1. The molecule has 1 aromatic heterocycles. The Kier molecular flexibility index (Phi) is 5.40. The van der Waals surface area contributed by atoms with Crippen LogP contribution in [0.2, 0.25) is 0 Å². The molecule has 1 saturated heterocycles. The van der Waals surface area contributed by atoms with Crippen LogP contribution in [0.25, 0.3) is 0 Å². The highest BCUT2D eigenvalue weighted by Gasteiger charge is 2.41. The standard InChI is InChI=1S/C22H32N6/c1-15-11-16(2)13-18(12-15)26-22(23)24-14-17-5-4-10-28(19-6-7-19)21(17)20-8-9-25-27(20)3/h8-9,11-13,17,19,21H,4-7,10,14H2,1-3H3,(H3,23,24,26)/t17-,21+/m0/s1. The fraction of sp³-hybridized carbons (Fsp3) is 0.545. The van der Waals surface area contributed by atoms with Crippen LogP contribution >= 0.6 is 0 Å². The highest BCUT2D eigenvalue weighted by atomic mass is 15.3. The summed E-state index contributed by atoms with van der Waals surface area (Å²) < 4.78 is 2.03. The maximum Gasteiger partial charge on any atom is 0.193 e. The van der Waals surface area contributed by atoms with E-state index < -0.39 is 0 Å². The molecule has 4 rings (SSSR count). The van der Waals surface area contributed by atoms with Crippen LogP contribution in [-0.2, 0) is 7.05 Å². The van der Waals surface area contributed by atoms with E-state index in [1.807, 2.05) is 17.9 Å². The van der Waals surface area contributed by atoms with Gasteiger partial charge in [-0.2, -0.15) is 5.10 Å². The maximum atomic E-state index is 6.23. The van der Waals surface area contributed by atoms with Gasteiger partial charge in [0.1, 0.15) is 0 Å². The molecule has 1 aromatic carbocycles. The van der Waals surface area contributed by atoms with Crippen LogP contribution in [0.15, 0.2) is 35.5 Å². The number of nitrogens with two attached hydrogens (primary N) is 1. The quantitative estimate of drug-likeness (QED) is 0.616. The third-order valence-corrected chi connectivity index (χ3v) is 5.96. The van der Waals surface area contributed by atoms with E-state index in [0.29, 0.717) is 17.9 Å². The minimum absolute atomic E-state index is 0.381. The van der Waals surface area contributed by atoms with Crippen molar-refractivity contribution in [2.75, 3.05) is 18.4 Å². The van der Waals surface area contributed by atoms with Gasteiger partial charge >= 0.3 is 0 Å². The second-order valence-electron chi connectivity index (χ2n) is 8.42. The first-order chi connectivity index (χ1) is 13.5. The van der Waals surface area contributed by atoms with Crippen molar-refractivity contribution >= 4 is 11.6 Å². The third-order valence-electron chi connectivity index (χ3n) is 5.96.